The van der Waals surface area contributed by atoms with Gasteiger partial charge < -0.3 is 9.84 Å². The predicted octanol–water partition coefficient (Wildman–Crippen LogP) is 1.48. The fourth-order valence-electron chi connectivity index (χ4n) is 0.509. The SMILES string of the molecule is CCO/C([O-])=C(/C)[P+](C)(C)C. The van der Waals surface area contributed by atoms with Crippen molar-refractivity contribution >= 4 is 7.26 Å². The molecule has 0 aromatic heterocycles. The van der Waals surface area contributed by atoms with E-state index in [9.17, 15) is 5.11 Å². The highest BCUT2D eigenvalue weighted by atomic mass is 31.2. The molecule has 0 spiro atoms. The quantitative estimate of drug-likeness (QED) is 0.482. The van der Waals surface area contributed by atoms with Crippen LogP contribution in [0.5, 0.6) is 0 Å². The molecule has 0 aliphatic heterocycles. The fraction of sp³-hybridized carbons (Fsp3) is 0.750. The third kappa shape index (κ3) is 3.62. The van der Waals surface area contributed by atoms with Crippen molar-refractivity contribution in [3.05, 3.63) is 11.3 Å². The molecule has 0 unspecified atom stereocenters. The van der Waals surface area contributed by atoms with Crippen LogP contribution in [0.3, 0.4) is 0 Å². The van der Waals surface area contributed by atoms with E-state index in [-0.39, 0.29) is 5.95 Å². The molecule has 0 amide bonds. The summed E-state index contributed by atoms with van der Waals surface area (Å²) >= 11 is 0. The van der Waals surface area contributed by atoms with Crippen LogP contribution in [0.2, 0.25) is 0 Å². The Morgan fingerprint density at radius 3 is 2.09 bits per heavy atom. The molecule has 66 valence electrons. The fourth-order valence-corrected chi connectivity index (χ4v) is 1.12. The van der Waals surface area contributed by atoms with Crippen LogP contribution in [0.4, 0.5) is 0 Å². The van der Waals surface area contributed by atoms with Gasteiger partial charge in [-0.3, -0.25) is 0 Å². The molecule has 0 atom stereocenters. The summed E-state index contributed by atoms with van der Waals surface area (Å²) in [4.78, 5) is 0. The van der Waals surface area contributed by atoms with Gasteiger partial charge in [-0.05, 0) is 13.5 Å². The Balaban J connectivity index is 4.39. The molecule has 0 fully saturated rings. The van der Waals surface area contributed by atoms with Gasteiger partial charge in [-0.15, -0.1) is 0 Å². The Labute approximate surface area is 69.6 Å². The largest absolute Gasteiger partial charge is 0.611 e. The van der Waals surface area contributed by atoms with E-state index in [1.54, 1.807) is 0 Å². The third-order valence-corrected chi connectivity index (χ3v) is 3.77. The third-order valence-electron chi connectivity index (χ3n) is 1.58. The number of ether oxygens (including phenoxy) is 1. The highest BCUT2D eigenvalue weighted by Gasteiger charge is 2.21. The molecule has 0 aliphatic rings. The Morgan fingerprint density at radius 2 is 1.82 bits per heavy atom. The lowest BCUT2D eigenvalue weighted by Gasteiger charge is -2.20. The van der Waals surface area contributed by atoms with Crippen LogP contribution in [0.15, 0.2) is 11.3 Å². The number of hydrogen-bond donors (Lipinski definition) is 0. The summed E-state index contributed by atoms with van der Waals surface area (Å²) in [6.45, 7) is 10.5. The van der Waals surface area contributed by atoms with Crippen molar-refractivity contribution in [1.29, 1.82) is 0 Å². The molecule has 0 aliphatic carbocycles. The molecule has 0 N–H and O–H groups in total. The zero-order chi connectivity index (χ0) is 9.07. The number of hydrogen-bond acceptors (Lipinski definition) is 2. The second kappa shape index (κ2) is 3.96. The van der Waals surface area contributed by atoms with E-state index in [0.717, 1.165) is 5.31 Å². The van der Waals surface area contributed by atoms with Crippen LogP contribution in [0, 0.1) is 0 Å². The summed E-state index contributed by atoms with van der Waals surface area (Å²) in [7, 11) is -1.15. The van der Waals surface area contributed by atoms with Crippen molar-refractivity contribution in [2.45, 2.75) is 13.8 Å². The summed E-state index contributed by atoms with van der Waals surface area (Å²) in [5, 5.41) is 12.0. The lowest BCUT2D eigenvalue weighted by molar-refractivity contribution is -0.357. The van der Waals surface area contributed by atoms with Gasteiger partial charge in [-0.1, -0.05) is 6.92 Å². The molecule has 2 nitrogen and oxygen atoms in total. The molecule has 0 rings (SSSR count). The average Bonchev–Trinajstić information content (AvgIpc) is 1.85. The summed E-state index contributed by atoms with van der Waals surface area (Å²) in [5.41, 5.74) is 0. The van der Waals surface area contributed by atoms with Crippen LogP contribution in [-0.4, -0.2) is 26.6 Å². The van der Waals surface area contributed by atoms with Crippen LogP contribution in [-0.2, 0) is 4.74 Å². The maximum atomic E-state index is 11.2. The smallest absolute Gasteiger partial charge is 0.0901 e. The van der Waals surface area contributed by atoms with Gasteiger partial charge in [-0.25, -0.2) is 0 Å². The highest BCUT2D eigenvalue weighted by Crippen LogP contribution is 2.55. The van der Waals surface area contributed by atoms with Gasteiger partial charge in [0.05, 0.1) is 31.3 Å². The number of allylic oxidation sites excluding steroid dienone is 1. The average molecular weight is 176 g/mol. The minimum absolute atomic E-state index is 0.131. The van der Waals surface area contributed by atoms with E-state index in [4.69, 9.17) is 4.74 Å². The normalized spacial score (nSPS) is 14.3. The topological polar surface area (TPSA) is 32.3 Å². The van der Waals surface area contributed by atoms with Crippen molar-refractivity contribution in [2.24, 2.45) is 0 Å². The van der Waals surface area contributed by atoms with Crippen molar-refractivity contribution in [3.8, 4) is 0 Å². The first-order valence-electron chi connectivity index (χ1n) is 3.72. The predicted molar refractivity (Wildman–Crippen MR) is 49.0 cm³/mol. The lowest BCUT2D eigenvalue weighted by atomic mass is 10.7. The monoisotopic (exact) mass is 176 g/mol. The van der Waals surface area contributed by atoms with Crippen molar-refractivity contribution in [3.63, 3.8) is 0 Å². The van der Waals surface area contributed by atoms with Gasteiger partial charge in [0.25, 0.3) is 0 Å². The van der Waals surface area contributed by atoms with E-state index >= 15 is 0 Å². The zero-order valence-corrected chi connectivity index (χ0v) is 8.87. The molecular formula is C8H17O2P. The zero-order valence-electron chi connectivity index (χ0n) is 7.97. The van der Waals surface area contributed by atoms with Crippen LogP contribution < -0.4 is 5.11 Å². The maximum absolute atomic E-state index is 11.2. The van der Waals surface area contributed by atoms with Gasteiger partial charge >= 0.3 is 0 Å². The van der Waals surface area contributed by atoms with E-state index in [0.29, 0.717) is 6.61 Å². The van der Waals surface area contributed by atoms with Crippen molar-refractivity contribution in [1.82, 2.24) is 0 Å². The molecule has 0 saturated heterocycles. The molecule has 11 heavy (non-hydrogen) atoms. The van der Waals surface area contributed by atoms with E-state index in [2.05, 4.69) is 20.0 Å². The first-order chi connectivity index (χ1) is 4.89. The Hall–Kier alpha value is -0.230. The molecule has 0 heterocycles. The summed E-state index contributed by atoms with van der Waals surface area (Å²) in [5.74, 6) is -0.131. The van der Waals surface area contributed by atoms with Gasteiger partial charge in [-0.2, -0.15) is 0 Å². The molecule has 0 aromatic rings. The summed E-state index contributed by atoms with van der Waals surface area (Å²) < 4.78 is 4.88. The maximum Gasteiger partial charge on any atom is 0.0901 e. The van der Waals surface area contributed by atoms with E-state index in [1.165, 1.54) is 0 Å². The van der Waals surface area contributed by atoms with Gasteiger partial charge in [0.1, 0.15) is 0 Å². The first kappa shape index (κ1) is 10.8. The van der Waals surface area contributed by atoms with Crippen molar-refractivity contribution in [2.75, 3.05) is 26.6 Å². The molecule has 0 radical (unpaired) electrons. The molecular weight excluding hydrogens is 159 g/mol. The first-order valence-corrected chi connectivity index (χ1v) is 6.85. The Kier molecular flexibility index (Phi) is 3.88. The molecule has 0 saturated carbocycles. The van der Waals surface area contributed by atoms with Gasteiger partial charge in [0.2, 0.25) is 0 Å². The Morgan fingerprint density at radius 1 is 1.36 bits per heavy atom. The van der Waals surface area contributed by atoms with Gasteiger partial charge in [0, 0.05) is 7.26 Å². The Bertz CT molecular complexity index is 156. The minimum atomic E-state index is -1.15. The van der Waals surface area contributed by atoms with Gasteiger partial charge in [0.15, 0.2) is 0 Å². The van der Waals surface area contributed by atoms with Crippen LogP contribution >= 0.6 is 7.26 Å². The highest BCUT2D eigenvalue weighted by molar-refractivity contribution is 7.77. The second-order valence-corrected chi connectivity index (χ2v) is 8.01. The molecule has 0 aromatic carbocycles. The second-order valence-electron chi connectivity index (χ2n) is 3.32. The summed E-state index contributed by atoms with van der Waals surface area (Å²) in [6.07, 6.45) is 0. The van der Waals surface area contributed by atoms with E-state index in [1.807, 2.05) is 13.8 Å². The van der Waals surface area contributed by atoms with Crippen LogP contribution in [0.1, 0.15) is 13.8 Å². The van der Waals surface area contributed by atoms with E-state index < -0.39 is 7.26 Å². The number of rotatable bonds is 3. The lowest BCUT2D eigenvalue weighted by Crippen LogP contribution is -2.11. The molecule has 3 heteroatoms. The van der Waals surface area contributed by atoms with Crippen molar-refractivity contribution < 1.29 is 9.84 Å². The molecule has 0 bridgehead atoms. The summed E-state index contributed by atoms with van der Waals surface area (Å²) in [6, 6.07) is 0. The standard InChI is InChI=1S/C8H17O2P/c1-6-10-8(9)7(2)11(3,4)5/h6H2,1-5H3/b8-7-. The van der Waals surface area contributed by atoms with Crippen LogP contribution in [0.25, 0.3) is 0 Å². The minimum Gasteiger partial charge on any atom is -0.611 e.